The molecule has 0 saturated carbocycles. The SMILES string of the molecule is CCCn1cc(-c2cc(CNC(C)C)ccc2F)cn1. The van der Waals surface area contributed by atoms with Crippen molar-refractivity contribution >= 4 is 0 Å². The van der Waals surface area contributed by atoms with E-state index in [1.807, 2.05) is 23.0 Å². The van der Waals surface area contributed by atoms with Crippen LogP contribution < -0.4 is 5.32 Å². The van der Waals surface area contributed by atoms with E-state index in [9.17, 15) is 4.39 Å². The van der Waals surface area contributed by atoms with Crippen molar-refractivity contribution in [1.29, 1.82) is 0 Å². The molecule has 3 nitrogen and oxygen atoms in total. The summed E-state index contributed by atoms with van der Waals surface area (Å²) in [6.07, 6.45) is 4.65. The number of aryl methyl sites for hydroxylation is 1. The van der Waals surface area contributed by atoms with E-state index in [4.69, 9.17) is 0 Å². The van der Waals surface area contributed by atoms with Gasteiger partial charge in [0.25, 0.3) is 0 Å². The van der Waals surface area contributed by atoms with Gasteiger partial charge in [0.1, 0.15) is 5.82 Å². The Hall–Kier alpha value is -1.68. The quantitative estimate of drug-likeness (QED) is 0.873. The van der Waals surface area contributed by atoms with Crippen molar-refractivity contribution in [3.63, 3.8) is 0 Å². The summed E-state index contributed by atoms with van der Waals surface area (Å²) >= 11 is 0. The summed E-state index contributed by atoms with van der Waals surface area (Å²) in [5.74, 6) is -0.200. The first-order chi connectivity index (χ1) is 9.60. The Balaban J connectivity index is 2.22. The standard InChI is InChI=1S/C16H22FN3/c1-4-7-20-11-14(10-19-20)15-8-13(5-6-16(15)17)9-18-12(2)3/h5-6,8,10-12,18H,4,7,9H2,1-3H3. The molecule has 2 aromatic rings. The highest BCUT2D eigenvalue weighted by atomic mass is 19.1. The van der Waals surface area contributed by atoms with Crippen LogP contribution in [0.1, 0.15) is 32.8 Å². The van der Waals surface area contributed by atoms with Gasteiger partial charge in [-0.05, 0) is 24.1 Å². The minimum Gasteiger partial charge on any atom is -0.310 e. The second-order valence-electron chi connectivity index (χ2n) is 5.34. The Bertz CT molecular complexity index is 561. The van der Waals surface area contributed by atoms with Crippen LogP contribution >= 0.6 is 0 Å². The molecule has 0 bridgehead atoms. The van der Waals surface area contributed by atoms with E-state index in [0.29, 0.717) is 11.6 Å². The lowest BCUT2D eigenvalue weighted by Crippen LogP contribution is -2.21. The number of hydrogen-bond donors (Lipinski definition) is 1. The fraction of sp³-hybridized carbons (Fsp3) is 0.438. The maximum Gasteiger partial charge on any atom is 0.131 e. The summed E-state index contributed by atoms with van der Waals surface area (Å²) in [5, 5.41) is 7.60. The zero-order valence-corrected chi connectivity index (χ0v) is 12.4. The maximum absolute atomic E-state index is 14.0. The van der Waals surface area contributed by atoms with E-state index in [1.54, 1.807) is 6.20 Å². The molecule has 20 heavy (non-hydrogen) atoms. The first-order valence-electron chi connectivity index (χ1n) is 7.14. The number of rotatable bonds is 6. The molecular weight excluding hydrogens is 253 g/mol. The summed E-state index contributed by atoms with van der Waals surface area (Å²) in [7, 11) is 0. The first kappa shape index (κ1) is 14.7. The van der Waals surface area contributed by atoms with Crippen molar-refractivity contribution in [1.82, 2.24) is 15.1 Å². The first-order valence-corrected chi connectivity index (χ1v) is 7.14. The number of hydrogen-bond acceptors (Lipinski definition) is 2. The molecule has 0 radical (unpaired) electrons. The van der Waals surface area contributed by atoms with Gasteiger partial charge in [0, 0.05) is 36.5 Å². The Kier molecular flexibility index (Phi) is 4.90. The lowest BCUT2D eigenvalue weighted by molar-refractivity contribution is 0.586. The minimum atomic E-state index is -0.200. The smallest absolute Gasteiger partial charge is 0.131 e. The van der Waals surface area contributed by atoms with Crippen LogP contribution in [0.2, 0.25) is 0 Å². The zero-order chi connectivity index (χ0) is 14.5. The average Bonchev–Trinajstić information content (AvgIpc) is 2.86. The van der Waals surface area contributed by atoms with Gasteiger partial charge in [0.2, 0.25) is 0 Å². The fourth-order valence-corrected chi connectivity index (χ4v) is 2.08. The molecular formula is C16H22FN3. The molecule has 0 atom stereocenters. The van der Waals surface area contributed by atoms with Crippen molar-refractivity contribution in [2.24, 2.45) is 0 Å². The van der Waals surface area contributed by atoms with Gasteiger partial charge >= 0.3 is 0 Å². The third-order valence-electron chi connectivity index (χ3n) is 3.14. The molecule has 0 saturated heterocycles. The third kappa shape index (κ3) is 3.67. The molecule has 0 aliphatic rings. The topological polar surface area (TPSA) is 29.9 Å². The van der Waals surface area contributed by atoms with Crippen LogP contribution in [0.15, 0.2) is 30.6 Å². The molecule has 1 aromatic heterocycles. The fourth-order valence-electron chi connectivity index (χ4n) is 2.08. The van der Waals surface area contributed by atoms with Gasteiger partial charge in [-0.15, -0.1) is 0 Å². The molecule has 2 rings (SSSR count). The summed E-state index contributed by atoms with van der Waals surface area (Å²) in [5.41, 5.74) is 2.54. The molecule has 1 N–H and O–H groups in total. The van der Waals surface area contributed by atoms with Crippen LogP contribution in [0.3, 0.4) is 0 Å². The van der Waals surface area contributed by atoms with E-state index >= 15 is 0 Å². The van der Waals surface area contributed by atoms with Crippen LogP contribution in [-0.2, 0) is 13.1 Å². The number of halogens is 1. The van der Waals surface area contributed by atoms with Crippen LogP contribution in [0.25, 0.3) is 11.1 Å². The number of nitrogens with zero attached hydrogens (tertiary/aromatic N) is 2. The third-order valence-corrected chi connectivity index (χ3v) is 3.14. The molecule has 0 aliphatic carbocycles. The molecule has 1 aromatic carbocycles. The summed E-state index contributed by atoms with van der Waals surface area (Å²) in [6, 6.07) is 5.67. The van der Waals surface area contributed by atoms with Crippen molar-refractivity contribution in [3.05, 3.63) is 42.0 Å². The van der Waals surface area contributed by atoms with Crippen LogP contribution in [0.5, 0.6) is 0 Å². The monoisotopic (exact) mass is 275 g/mol. The van der Waals surface area contributed by atoms with E-state index in [-0.39, 0.29) is 5.82 Å². The molecule has 0 amide bonds. The van der Waals surface area contributed by atoms with Crippen molar-refractivity contribution < 1.29 is 4.39 Å². The van der Waals surface area contributed by atoms with Crippen molar-refractivity contribution in [3.8, 4) is 11.1 Å². The predicted octanol–water partition coefficient (Wildman–Crippen LogP) is 3.60. The molecule has 108 valence electrons. The molecule has 0 unspecified atom stereocenters. The Morgan fingerprint density at radius 1 is 1.35 bits per heavy atom. The highest BCUT2D eigenvalue weighted by Gasteiger charge is 2.09. The van der Waals surface area contributed by atoms with Gasteiger partial charge in [-0.2, -0.15) is 5.10 Å². The Labute approximate surface area is 119 Å². The predicted molar refractivity (Wildman–Crippen MR) is 79.9 cm³/mol. The lowest BCUT2D eigenvalue weighted by Gasteiger charge is -2.09. The van der Waals surface area contributed by atoms with Crippen molar-refractivity contribution in [2.75, 3.05) is 0 Å². The zero-order valence-electron chi connectivity index (χ0n) is 12.4. The van der Waals surface area contributed by atoms with Gasteiger partial charge in [0.05, 0.1) is 6.20 Å². The maximum atomic E-state index is 14.0. The van der Waals surface area contributed by atoms with E-state index in [0.717, 1.165) is 30.6 Å². The largest absolute Gasteiger partial charge is 0.310 e. The molecule has 4 heteroatoms. The van der Waals surface area contributed by atoms with Gasteiger partial charge in [0.15, 0.2) is 0 Å². The van der Waals surface area contributed by atoms with Gasteiger partial charge < -0.3 is 5.32 Å². The highest BCUT2D eigenvalue weighted by Crippen LogP contribution is 2.23. The van der Waals surface area contributed by atoms with Gasteiger partial charge in [-0.3, -0.25) is 4.68 Å². The Morgan fingerprint density at radius 2 is 2.15 bits per heavy atom. The second-order valence-corrected chi connectivity index (χ2v) is 5.34. The summed E-state index contributed by atoms with van der Waals surface area (Å²) < 4.78 is 15.8. The lowest BCUT2D eigenvalue weighted by atomic mass is 10.1. The van der Waals surface area contributed by atoms with E-state index in [2.05, 4.69) is 31.2 Å². The molecule has 0 fully saturated rings. The van der Waals surface area contributed by atoms with Crippen LogP contribution in [-0.4, -0.2) is 15.8 Å². The number of aromatic nitrogens is 2. The van der Waals surface area contributed by atoms with Crippen molar-refractivity contribution in [2.45, 2.75) is 46.3 Å². The Morgan fingerprint density at radius 3 is 2.85 bits per heavy atom. The molecule has 1 heterocycles. The second kappa shape index (κ2) is 6.66. The van der Waals surface area contributed by atoms with E-state index < -0.39 is 0 Å². The minimum absolute atomic E-state index is 0.200. The van der Waals surface area contributed by atoms with Crippen LogP contribution in [0, 0.1) is 5.82 Å². The number of benzene rings is 1. The summed E-state index contributed by atoms with van der Waals surface area (Å²) in [4.78, 5) is 0. The number of nitrogens with one attached hydrogen (secondary N) is 1. The summed E-state index contributed by atoms with van der Waals surface area (Å²) in [6.45, 7) is 7.89. The average molecular weight is 275 g/mol. The van der Waals surface area contributed by atoms with Gasteiger partial charge in [-0.1, -0.05) is 26.8 Å². The van der Waals surface area contributed by atoms with Gasteiger partial charge in [-0.25, -0.2) is 4.39 Å². The normalized spacial score (nSPS) is 11.2. The molecule has 0 aliphatic heterocycles. The van der Waals surface area contributed by atoms with Crippen LogP contribution in [0.4, 0.5) is 4.39 Å². The van der Waals surface area contributed by atoms with E-state index in [1.165, 1.54) is 6.07 Å². The molecule has 0 spiro atoms. The highest BCUT2D eigenvalue weighted by molar-refractivity contribution is 5.63.